The lowest BCUT2D eigenvalue weighted by Gasteiger charge is -2.07. The molecule has 0 fully saturated rings. The van der Waals surface area contributed by atoms with Gasteiger partial charge in [0, 0.05) is 7.05 Å². The minimum Gasteiger partial charge on any atom is -0.247 e. The maximum atomic E-state index is 12.1. The lowest BCUT2D eigenvalue weighted by molar-refractivity contribution is 0.599. The van der Waals surface area contributed by atoms with Gasteiger partial charge in [-0.1, -0.05) is 12.1 Å². The highest BCUT2D eigenvalue weighted by atomic mass is 32.2. The largest absolute Gasteiger partial charge is 0.265 e. The number of nitrogens with one attached hydrogen (secondary N) is 1. The fourth-order valence-corrected chi connectivity index (χ4v) is 2.55. The zero-order valence-electron chi connectivity index (χ0n) is 9.40. The molecule has 0 saturated heterocycles. The van der Waals surface area contributed by atoms with Gasteiger partial charge in [-0.25, -0.2) is 17.8 Å². The summed E-state index contributed by atoms with van der Waals surface area (Å²) in [5, 5.41) is 12.6. The summed E-state index contributed by atoms with van der Waals surface area (Å²) < 4.78 is 27.7. The summed E-state index contributed by atoms with van der Waals surface area (Å²) in [6, 6.07) is 7.77. The number of hydrogen-bond acceptors (Lipinski definition) is 5. The Labute approximate surface area is 104 Å². The molecule has 92 valence electrons. The van der Waals surface area contributed by atoms with Crippen LogP contribution >= 0.6 is 0 Å². The Morgan fingerprint density at radius 3 is 2.72 bits per heavy atom. The minimum absolute atomic E-state index is 0.0761. The van der Waals surface area contributed by atoms with Gasteiger partial charge in [0.2, 0.25) is 5.95 Å². The Kier molecular flexibility index (Phi) is 2.99. The molecule has 18 heavy (non-hydrogen) atoms. The summed E-state index contributed by atoms with van der Waals surface area (Å²) >= 11 is 0. The highest BCUT2D eigenvalue weighted by Gasteiger charge is 2.20. The fraction of sp³-hybridized carbons (Fsp3) is 0.100. The van der Waals surface area contributed by atoms with Gasteiger partial charge in [-0.3, -0.25) is 0 Å². The Balaban J connectivity index is 2.44. The molecule has 0 aliphatic heterocycles. The second-order valence-electron chi connectivity index (χ2n) is 3.42. The zero-order valence-corrected chi connectivity index (χ0v) is 10.2. The number of anilines is 1. The van der Waals surface area contributed by atoms with Crippen LogP contribution < -0.4 is 4.72 Å². The molecule has 0 atom stereocenters. The molecule has 0 aliphatic carbocycles. The van der Waals surface area contributed by atoms with E-state index in [9.17, 15) is 8.42 Å². The number of nitriles is 1. The molecule has 2 aromatic rings. The van der Waals surface area contributed by atoms with Crippen LogP contribution in [0.2, 0.25) is 0 Å². The number of hydrogen-bond donors (Lipinski definition) is 1. The predicted octanol–water partition coefficient (Wildman–Crippen LogP) is 0.488. The smallest absolute Gasteiger partial charge is 0.247 e. The highest BCUT2D eigenvalue weighted by Crippen LogP contribution is 2.17. The number of aromatic nitrogens is 3. The van der Waals surface area contributed by atoms with Crippen LogP contribution in [0, 0.1) is 11.3 Å². The first kappa shape index (κ1) is 12.1. The molecule has 1 N–H and O–H groups in total. The number of rotatable bonds is 3. The van der Waals surface area contributed by atoms with Gasteiger partial charge in [0.1, 0.15) is 17.3 Å². The lowest BCUT2D eigenvalue weighted by atomic mass is 10.2. The summed E-state index contributed by atoms with van der Waals surface area (Å²) in [5.41, 5.74) is 0.0761. The zero-order chi connectivity index (χ0) is 13.2. The Bertz CT molecular complexity index is 714. The molecular formula is C10H9N5O2S. The van der Waals surface area contributed by atoms with Gasteiger partial charge < -0.3 is 0 Å². The topological polar surface area (TPSA) is 101 Å². The van der Waals surface area contributed by atoms with Gasteiger partial charge in [-0.15, -0.1) is 0 Å². The molecule has 2 rings (SSSR count). The Morgan fingerprint density at radius 1 is 1.39 bits per heavy atom. The van der Waals surface area contributed by atoms with E-state index in [1.54, 1.807) is 19.2 Å². The fourth-order valence-electron chi connectivity index (χ4n) is 1.36. The lowest BCUT2D eigenvalue weighted by Crippen LogP contribution is -2.17. The molecule has 0 radical (unpaired) electrons. The van der Waals surface area contributed by atoms with Crippen LogP contribution in [0.3, 0.4) is 0 Å². The monoisotopic (exact) mass is 263 g/mol. The third-order valence-corrected chi connectivity index (χ3v) is 3.62. The van der Waals surface area contributed by atoms with E-state index in [0.717, 1.165) is 0 Å². The van der Waals surface area contributed by atoms with Crippen molar-refractivity contribution in [3.63, 3.8) is 0 Å². The van der Waals surface area contributed by atoms with E-state index in [4.69, 9.17) is 5.26 Å². The molecule has 0 saturated carbocycles. The molecule has 0 unspecified atom stereocenters. The minimum atomic E-state index is -3.84. The standard InChI is InChI=1S/C10H9N5O2S/c1-15-10(12-7-13-15)14-18(16,17)9-5-3-2-4-8(9)6-11/h2-5,7H,1H3,(H,12,13,14). The molecule has 0 amide bonds. The van der Waals surface area contributed by atoms with Crippen LogP contribution in [0.5, 0.6) is 0 Å². The van der Waals surface area contributed by atoms with Gasteiger partial charge >= 0.3 is 0 Å². The Morgan fingerprint density at radius 2 is 2.11 bits per heavy atom. The maximum Gasteiger partial charge on any atom is 0.265 e. The van der Waals surface area contributed by atoms with Crippen LogP contribution in [0.4, 0.5) is 5.95 Å². The van der Waals surface area contributed by atoms with E-state index in [1.807, 2.05) is 6.07 Å². The molecule has 1 aromatic heterocycles. The third kappa shape index (κ3) is 2.16. The normalized spacial score (nSPS) is 10.9. The van der Waals surface area contributed by atoms with Crippen molar-refractivity contribution in [2.75, 3.05) is 4.72 Å². The summed E-state index contributed by atoms with van der Waals surface area (Å²) in [6.45, 7) is 0. The first-order valence-electron chi connectivity index (χ1n) is 4.90. The number of nitrogens with zero attached hydrogens (tertiary/aromatic N) is 4. The van der Waals surface area contributed by atoms with Crippen LogP contribution in [0.25, 0.3) is 0 Å². The van der Waals surface area contributed by atoms with Crippen molar-refractivity contribution in [3.05, 3.63) is 36.2 Å². The summed E-state index contributed by atoms with van der Waals surface area (Å²) in [6.07, 6.45) is 1.23. The molecule has 1 heterocycles. The van der Waals surface area contributed by atoms with Gasteiger partial charge in [0.05, 0.1) is 5.56 Å². The first-order valence-corrected chi connectivity index (χ1v) is 6.39. The molecular weight excluding hydrogens is 254 g/mol. The average Bonchev–Trinajstić information content (AvgIpc) is 2.74. The van der Waals surface area contributed by atoms with Crippen molar-refractivity contribution in [2.45, 2.75) is 4.90 Å². The van der Waals surface area contributed by atoms with Crippen molar-refractivity contribution in [2.24, 2.45) is 7.05 Å². The van der Waals surface area contributed by atoms with E-state index in [1.165, 1.54) is 23.1 Å². The average molecular weight is 263 g/mol. The summed E-state index contributed by atoms with van der Waals surface area (Å²) in [5.74, 6) is 0.0859. The van der Waals surface area contributed by atoms with Crippen LogP contribution in [0.15, 0.2) is 35.5 Å². The van der Waals surface area contributed by atoms with E-state index in [-0.39, 0.29) is 16.4 Å². The second-order valence-corrected chi connectivity index (χ2v) is 5.07. The van der Waals surface area contributed by atoms with Crippen LogP contribution in [0.1, 0.15) is 5.56 Å². The summed E-state index contributed by atoms with van der Waals surface area (Å²) in [4.78, 5) is 3.67. The molecule has 8 heteroatoms. The van der Waals surface area contributed by atoms with Gasteiger partial charge in [0.15, 0.2) is 0 Å². The van der Waals surface area contributed by atoms with Crippen LogP contribution in [-0.4, -0.2) is 23.2 Å². The predicted molar refractivity (Wildman–Crippen MR) is 63.0 cm³/mol. The molecule has 0 aliphatic rings. The number of benzene rings is 1. The van der Waals surface area contributed by atoms with E-state index < -0.39 is 10.0 Å². The van der Waals surface area contributed by atoms with Gasteiger partial charge in [0.25, 0.3) is 10.0 Å². The molecule has 0 spiro atoms. The van der Waals surface area contributed by atoms with Gasteiger partial charge in [-0.05, 0) is 12.1 Å². The van der Waals surface area contributed by atoms with E-state index in [2.05, 4.69) is 14.8 Å². The third-order valence-electron chi connectivity index (χ3n) is 2.23. The molecule has 1 aromatic carbocycles. The highest BCUT2D eigenvalue weighted by molar-refractivity contribution is 7.92. The van der Waals surface area contributed by atoms with Crippen LogP contribution in [-0.2, 0) is 17.1 Å². The van der Waals surface area contributed by atoms with Crippen molar-refractivity contribution < 1.29 is 8.42 Å². The number of sulfonamides is 1. The van der Waals surface area contributed by atoms with Crippen molar-refractivity contribution in [1.82, 2.24) is 14.8 Å². The SMILES string of the molecule is Cn1ncnc1NS(=O)(=O)c1ccccc1C#N. The maximum absolute atomic E-state index is 12.1. The van der Waals surface area contributed by atoms with Crippen molar-refractivity contribution in [1.29, 1.82) is 5.26 Å². The molecule has 7 nitrogen and oxygen atoms in total. The van der Waals surface area contributed by atoms with Crippen molar-refractivity contribution >= 4 is 16.0 Å². The quantitative estimate of drug-likeness (QED) is 0.868. The van der Waals surface area contributed by atoms with E-state index in [0.29, 0.717) is 0 Å². The summed E-state index contributed by atoms with van der Waals surface area (Å²) in [7, 11) is -2.29. The van der Waals surface area contributed by atoms with Gasteiger partial charge in [-0.2, -0.15) is 15.3 Å². The number of aryl methyl sites for hydroxylation is 1. The second kappa shape index (κ2) is 4.46. The van der Waals surface area contributed by atoms with Crippen molar-refractivity contribution in [3.8, 4) is 6.07 Å². The van der Waals surface area contributed by atoms with E-state index >= 15 is 0 Å². The molecule has 0 bridgehead atoms. The Hall–Kier alpha value is -2.40. The first-order chi connectivity index (χ1) is 8.54.